The summed E-state index contributed by atoms with van der Waals surface area (Å²) in [6.07, 6.45) is 2.10. The highest BCUT2D eigenvalue weighted by Crippen LogP contribution is 2.27. The predicted molar refractivity (Wildman–Crippen MR) is 203 cm³/mol. The molecule has 0 saturated carbocycles. The number of amides is 4. The second kappa shape index (κ2) is 17.0. The highest BCUT2D eigenvalue weighted by molar-refractivity contribution is 5.87. The first kappa shape index (κ1) is 37.5. The van der Waals surface area contributed by atoms with Gasteiger partial charge in [0.15, 0.2) is 0 Å². The van der Waals surface area contributed by atoms with Crippen molar-refractivity contribution in [3.63, 3.8) is 0 Å². The number of carbonyl (C=O) groups excluding carboxylic acids is 4. The van der Waals surface area contributed by atoms with Crippen LogP contribution in [0, 0.1) is 0 Å². The minimum atomic E-state index is -1.21. The van der Waals surface area contributed by atoms with E-state index in [0.717, 1.165) is 28.1 Å². The molecule has 7 N–H and O–H groups in total. The van der Waals surface area contributed by atoms with Crippen molar-refractivity contribution in [2.75, 3.05) is 7.11 Å². The molecule has 55 heavy (non-hydrogen) atoms. The Kier molecular flexibility index (Phi) is 11.6. The minimum Gasteiger partial charge on any atom is -0.453 e. The normalized spacial score (nSPS) is 13.1. The van der Waals surface area contributed by atoms with Crippen molar-refractivity contribution in [3.05, 3.63) is 138 Å². The maximum Gasteiger partial charge on any atom is 0.407 e. The Morgan fingerprint density at radius 3 is 1.69 bits per heavy atom. The van der Waals surface area contributed by atoms with Crippen LogP contribution in [0.5, 0.6) is 0 Å². The van der Waals surface area contributed by atoms with Crippen LogP contribution in [-0.2, 0) is 19.1 Å². The third-order valence-corrected chi connectivity index (χ3v) is 8.71. The van der Waals surface area contributed by atoms with Gasteiger partial charge in [0, 0.05) is 22.9 Å². The molecule has 0 saturated heterocycles. The number of hydrogen-bond donors (Lipinski definition) is 6. The van der Waals surface area contributed by atoms with Gasteiger partial charge in [0.05, 0.1) is 48.7 Å². The number of primary amides is 1. The number of nitrogens with zero attached hydrogens (tertiary/aromatic N) is 3. The third kappa shape index (κ3) is 9.21. The van der Waals surface area contributed by atoms with E-state index in [9.17, 15) is 19.2 Å². The second-order valence-corrected chi connectivity index (χ2v) is 12.5. The van der Waals surface area contributed by atoms with Crippen molar-refractivity contribution in [3.8, 4) is 33.8 Å². The molecule has 15 heteroatoms. The molecule has 6 rings (SSSR count). The summed E-state index contributed by atoms with van der Waals surface area (Å²) in [7, 11) is 1.24. The number of nitrogens with two attached hydrogens (primary N) is 1. The summed E-state index contributed by atoms with van der Waals surface area (Å²) in [5.41, 5.74) is 11.1. The molecule has 0 spiro atoms. The van der Waals surface area contributed by atoms with Gasteiger partial charge in [0.2, 0.25) is 12.0 Å². The van der Waals surface area contributed by atoms with Gasteiger partial charge in [-0.15, -0.1) is 0 Å². The monoisotopic (exact) mass is 741 g/mol. The molecule has 4 amide bonds. The van der Waals surface area contributed by atoms with Crippen LogP contribution < -0.4 is 21.7 Å². The average Bonchev–Trinajstić information content (AvgIpc) is 3.91. The van der Waals surface area contributed by atoms with Gasteiger partial charge in [-0.25, -0.2) is 19.6 Å². The molecule has 0 aliphatic rings. The lowest BCUT2D eigenvalue weighted by Gasteiger charge is -2.20. The maximum atomic E-state index is 13.2. The van der Waals surface area contributed by atoms with Gasteiger partial charge in [-0.3, -0.25) is 14.6 Å². The Morgan fingerprint density at radius 1 is 0.618 bits per heavy atom. The summed E-state index contributed by atoms with van der Waals surface area (Å²) in [5, 5.41) is 8.32. The Labute approximate surface area is 316 Å². The lowest BCUT2D eigenvalue weighted by molar-refractivity contribution is -0.130. The Bertz CT molecular complexity index is 2240. The number of carbonyl (C=O) groups is 4. The number of nitrogens with one attached hydrogen (secondary N) is 5. The molecule has 3 heterocycles. The van der Waals surface area contributed by atoms with E-state index in [4.69, 9.17) is 15.2 Å². The number of aromatic nitrogens is 5. The molecule has 280 valence electrons. The predicted octanol–water partition coefficient (Wildman–Crippen LogP) is 5.82. The Balaban J connectivity index is 1.07. The van der Waals surface area contributed by atoms with Gasteiger partial charge in [-0.2, -0.15) is 0 Å². The van der Waals surface area contributed by atoms with Gasteiger partial charge >= 0.3 is 12.2 Å². The summed E-state index contributed by atoms with van der Waals surface area (Å²) in [4.78, 5) is 69.8. The van der Waals surface area contributed by atoms with E-state index in [2.05, 4.69) is 40.9 Å². The number of rotatable bonds is 13. The van der Waals surface area contributed by atoms with Crippen LogP contribution >= 0.6 is 0 Å². The molecule has 3 aromatic heterocycles. The van der Waals surface area contributed by atoms with Crippen molar-refractivity contribution in [1.82, 2.24) is 40.9 Å². The van der Waals surface area contributed by atoms with E-state index in [0.29, 0.717) is 28.5 Å². The van der Waals surface area contributed by atoms with E-state index >= 15 is 0 Å². The number of alkyl carbamates (subject to hydrolysis) is 1. The van der Waals surface area contributed by atoms with Crippen LogP contribution in [0.1, 0.15) is 60.9 Å². The largest absolute Gasteiger partial charge is 0.453 e. The first-order valence-electron chi connectivity index (χ1n) is 17.3. The van der Waals surface area contributed by atoms with E-state index in [-0.39, 0.29) is 0 Å². The summed E-state index contributed by atoms with van der Waals surface area (Å²) in [6.45, 7) is 3.56. The zero-order valence-corrected chi connectivity index (χ0v) is 30.1. The van der Waals surface area contributed by atoms with Gasteiger partial charge in [0.1, 0.15) is 17.7 Å². The number of hydrogen-bond acceptors (Lipinski definition) is 9. The maximum absolute atomic E-state index is 13.2. The lowest BCUT2D eigenvalue weighted by Crippen LogP contribution is -2.41. The molecule has 0 radical (unpaired) electrons. The van der Waals surface area contributed by atoms with Crippen LogP contribution in [0.15, 0.2) is 116 Å². The van der Waals surface area contributed by atoms with Crippen LogP contribution in [0.25, 0.3) is 33.8 Å². The number of aromatic amines is 2. The number of pyridine rings is 1. The number of H-pyrrole nitrogens is 2. The van der Waals surface area contributed by atoms with Gasteiger partial charge in [-0.05, 0) is 37.1 Å². The number of methoxy groups -OCH3 is 1. The highest BCUT2D eigenvalue weighted by atomic mass is 16.6. The first-order chi connectivity index (χ1) is 26.6. The lowest BCUT2D eigenvalue weighted by atomic mass is 10.1. The van der Waals surface area contributed by atoms with Crippen molar-refractivity contribution < 1.29 is 28.7 Å². The summed E-state index contributed by atoms with van der Waals surface area (Å²) in [5.74, 6) is 0.0892. The van der Waals surface area contributed by atoms with E-state index in [1.807, 2.05) is 42.5 Å². The summed E-state index contributed by atoms with van der Waals surface area (Å²) >= 11 is 0. The van der Waals surface area contributed by atoms with Crippen molar-refractivity contribution in [2.45, 2.75) is 38.1 Å². The topological polar surface area (TPSA) is 219 Å². The van der Waals surface area contributed by atoms with E-state index in [1.165, 1.54) is 7.11 Å². The van der Waals surface area contributed by atoms with E-state index < -0.39 is 48.2 Å². The molecule has 4 atom stereocenters. The molecule has 0 aliphatic heterocycles. The molecule has 3 aromatic carbocycles. The van der Waals surface area contributed by atoms with Crippen molar-refractivity contribution in [1.29, 1.82) is 0 Å². The fourth-order valence-electron chi connectivity index (χ4n) is 5.81. The van der Waals surface area contributed by atoms with Gasteiger partial charge in [-0.1, -0.05) is 84.9 Å². The number of ether oxygens (including phenoxy) is 2. The van der Waals surface area contributed by atoms with Crippen LogP contribution in [0.2, 0.25) is 0 Å². The molecule has 0 fully saturated rings. The molecule has 0 unspecified atom stereocenters. The van der Waals surface area contributed by atoms with Crippen LogP contribution in [0.3, 0.4) is 0 Å². The standard InChI is InChI=1S/C40H39N9O6/c1-23(45-37(50)33(49-40(53)54-3)27-10-6-4-7-11-27)35-43-21-31(47-35)26-16-14-25(15-17-26)30-19-18-29(20-42-30)32-22-44-36(48-32)24(2)46-38(51)34(55-39(41)52)28-12-8-5-9-13-28/h4-24,33-34H,1-3H3,(H2,41,52)(H,43,47)(H,44,48)(H,45,50)(H,46,51)(H,49,53)/t23-,24-,33+,34+/m0/s1. The van der Waals surface area contributed by atoms with Crippen molar-refractivity contribution in [2.24, 2.45) is 5.73 Å². The van der Waals surface area contributed by atoms with Gasteiger partial charge in [0.25, 0.3) is 5.91 Å². The van der Waals surface area contributed by atoms with Crippen LogP contribution in [0.4, 0.5) is 9.59 Å². The fourth-order valence-corrected chi connectivity index (χ4v) is 5.81. The molecule has 0 bridgehead atoms. The van der Waals surface area contributed by atoms with Crippen molar-refractivity contribution >= 4 is 24.0 Å². The number of benzene rings is 3. The third-order valence-electron chi connectivity index (χ3n) is 8.71. The average molecular weight is 742 g/mol. The molecule has 15 nitrogen and oxygen atoms in total. The Morgan fingerprint density at radius 2 is 1.15 bits per heavy atom. The van der Waals surface area contributed by atoms with Crippen LogP contribution in [-0.4, -0.2) is 56.0 Å². The zero-order valence-electron chi connectivity index (χ0n) is 30.1. The first-order valence-corrected chi connectivity index (χ1v) is 17.3. The quantitative estimate of drug-likeness (QED) is 0.0839. The molecule has 0 aliphatic carbocycles. The van der Waals surface area contributed by atoms with E-state index in [1.54, 1.807) is 87.0 Å². The summed E-state index contributed by atoms with van der Waals surface area (Å²) in [6, 6.07) is 27.1. The smallest absolute Gasteiger partial charge is 0.407 e. The Hall–Kier alpha value is -7.29. The zero-order chi connectivity index (χ0) is 38.9. The SMILES string of the molecule is COC(=O)N[C@@H](C(=O)N[C@@H](C)c1ncc(-c2ccc(-c3ccc(-c4cnc([C@H](C)NC(=O)[C@H](OC(N)=O)c5ccccc5)[nH]4)cn3)cc2)[nH]1)c1ccccc1. The second-order valence-electron chi connectivity index (χ2n) is 12.5. The molecular formula is C40H39N9O6. The fraction of sp³-hybridized carbons (Fsp3) is 0.175. The minimum absolute atomic E-state index is 0.414. The molecular weight excluding hydrogens is 702 g/mol. The van der Waals surface area contributed by atoms with Gasteiger partial charge < -0.3 is 41.1 Å². The number of imidazole rings is 2. The molecule has 6 aromatic rings. The highest BCUT2D eigenvalue weighted by Gasteiger charge is 2.27. The summed E-state index contributed by atoms with van der Waals surface area (Å²) < 4.78 is 9.81.